The highest BCUT2D eigenvalue weighted by atomic mass is 32.2. The highest BCUT2D eigenvalue weighted by molar-refractivity contribution is 7.86. The van der Waals surface area contributed by atoms with Crippen molar-refractivity contribution >= 4 is 38.2 Å². The second-order valence-electron chi connectivity index (χ2n) is 13.4. The van der Waals surface area contributed by atoms with Crippen LogP contribution in [0.1, 0.15) is 93.7 Å². The number of oxime groups is 1. The smallest absolute Gasteiger partial charge is 0.306 e. The van der Waals surface area contributed by atoms with Crippen LogP contribution in [0.5, 0.6) is 5.75 Å². The summed E-state index contributed by atoms with van der Waals surface area (Å²) >= 11 is 1.49. The number of aryl methyl sites for hydroxylation is 2. The lowest BCUT2D eigenvalue weighted by Crippen LogP contribution is -2.44. The van der Waals surface area contributed by atoms with Gasteiger partial charge < -0.3 is 14.3 Å². The van der Waals surface area contributed by atoms with E-state index in [9.17, 15) is 13.2 Å². The number of hydrogen-bond donors (Lipinski definition) is 1. The lowest BCUT2D eigenvalue weighted by molar-refractivity contribution is -0.116. The molecule has 0 bridgehead atoms. The van der Waals surface area contributed by atoms with Crippen molar-refractivity contribution in [2.75, 3.05) is 18.7 Å². The maximum atomic E-state index is 12.9. The van der Waals surface area contributed by atoms with Crippen molar-refractivity contribution in [3.8, 4) is 5.75 Å². The second kappa shape index (κ2) is 11.0. The molecule has 41 heavy (non-hydrogen) atoms. The minimum Gasteiger partial charge on any atom is -0.399 e. The average molecular weight is 602 g/mol. The Labute approximate surface area is 248 Å². The lowest BCUT2D eigenvalue weighted by atomic mass is 9.53. The van der Waals surface area contributed by atoms with Gasteiger partial charge in [0.05, 0.1) is 12.0 Å². The van der Waals surface area contributed by atoms with E-state index in [4.69, 9.17) is 9.02 Å². The normalized spacial score (nSPS) is 28.5. The Hall–Kier alpha value is -2.46. The predicted octanol–water partition coefficient (Wildman–Crippen LogP) is 6.59. The van der Waals surface area contributed by atoms with Gasteiger partial charge in [-0.3, -0.25) is 4.79 Å². The largest absolute Gasteiger partial charge is 0.399 e. The van der Waals surface area contributed by atoms with E-state index in [0.717, 1.165) is 60.9 Å². The molecule has 0 radical (unpaired) electrons. The summed E-state index contributed by atoms with van der Waals surface area (Å²) in [4.78, 5) is 23.6. The number of nitrogens with zero attached hydrogens (tertiary/aromatic N) is 2. The van der Waals surface area contributed by atoms with E-state index < -0.39 is 10.1 Å². The fraction of sp³-hybridized carbons (Fsp3) is 0.645. The Bertz CT molecular complexity index is 1460. The highest BCUT2D eigenvalue weighted by Gasteiger charge is 2.57. The molecule has 3 aliphatic rings. The van der Waals surface area contributed by atoms with Crippen LogP contribution in [-0.2, 0) is 31.6 Å². The van der Waals surface area contributed by atoms with E-state index >= 15 is 0 Å². The van der Waals surface area contributed by atoms with Crippen LogP contribution in [0.2, 0.25) is 0 Å². The van der Waals surface area contributed by atoms with E-state index in [2.05, 4.69) is 49.2 Å². The minimum atomic E-state index is -3.64. The molecule has 0 saturated heterocycles. The molecule has 224 valence electrons. The molecule has 3 aliphatic carbocycles. The molecule has 2 saturated carbocycles. The van der Waals surface area contributed by atoms with Crippen LogP contribution in [0.4, 0.5) is 5.13 Å². The first kappa shape index (κ1) is 30.0. The molecule has 8 nitrogen and oxygen atoms in total. The average Bonchev–Trinajstić information content (AvgIpc) is 3.40. The van der Waals surface area contributed by atoms with E-state index in [1.54, 1.807) is 13.3 Å². The molecule has 1 aromatic carbocycles. The number of fused-ring (bicyclic) bond motifs is 5. The molecule has 1 aromatic heterocycles. The van der Waals surface area contributed by atoms with Crippen LogP contribution in [0.15, 0.2) is 23.5 Å². The van der Waals surface area contributed by atoms with Crippen LogP contribution in [-0.4, -0.2) is 38.4 Å². The first-order chi connectivity index (χ1) is 19.2. The molecule has 2 aromatic rings. The van der Waals surface area contributed by atoms with Crippen molar-refractivity contribution < 1.29 is 22.2 Å². The van der Waals surface area contributed by atoms with E-state index in [1.807, 2.05) is 13.0 Å². The molecule has 5 rings (SSSR count). The summed E-state index contributed by atoms with van der Waals surface area (Å²) in [7, 11) is -2.02. The van der Waals surface area contributed by atoms with E-state index in [1.165, 1.54) is 22.5 Å². The van der Waals surface area contributed by atoms with E-state index in [0.29, 0.717) is 41.0 Å². The number of rotatable bonds is 7. The predicted molar refractivity (Wildman–Crippen MR) is 163 cm³/mol. The van der Waals surface area contributed by atoms with Crippen LogP contribution in [0.3, 0.4) is 0 Å². The van der Waals surface area contributed by atoms with Gasteiger partial charge in [-0.2, -0.15) is 8.42 Å². The van der Waals surface area contributed by atoms with Gasteiger partial charge in [-0.1, -0.05) is 38.9 Å². The molecular weight excluding hydrogens is 558 g/mol. The summed E-state index contributed by atoms with van der Waals surface area (Å²) in [5.74, 6) is 2.02. The highest BCUT2D eigenvalue weighted by Crippen LogP contribution is 2.63. The van der Waals surface area contributed by atoms with Gasteiger partial charge in [-0.15, -0.1) is 11.3 Å². The quantitative estimate of drug-likeness (QED) is 0.283. The molecular formula is C31H43N3O5S2. The summed E-state index contributed by atoms with van der Waals surface area (Å²) in [6.45, 7) is 10.6. The molecule has 0 spiro atoms. The molecule has 0 aliphatic heterocycles. The van der Waals surface area contributed by atoms with E-state index in [-0.39, 0.29) is 16.7 Å². The molecule has 1 N–H and O–H groups in total. The number of thiazole rings is 1. The summed E-state index contributed by atoms with van der Waals surface area (Å²) < 4.78 is 29.7. The van der Waals surface area contributed by atoms with Crippen LogP contribution < -0.4 is 9.50 Å². The lowest BCUT2D eigenvalue weighted by Gasteiger charge is -2.50. The number of carbonyl (C=O) groups is 1. The van der Waals surface area contributed by atoms with Crippen molar-refractivity contribution in [1.29, 1.82) is 0 Å². The Balaban J connectivity index is 1.45. The molecule has 2 fully saturated rings. The van der Waals surface area contributed by atoms with Gasteiger partial charge in [0, 0.05) is 28.5 Å². The third-order valence-electron chi connectivity index (χ3n) is 9.56. The minimum absolute atomic E-state index is 0.00718. The van der Waals surface area contributed by atoms with Crippen LogP contribution in [0.25, 0.3) is 0 Å². The SMILES string of the molecule is CO/N=C1\CC(CCC(=O)Nc2ncc(C)s2)C2C3CCc4cc(OS(C)(=O)=O)c(C(C)(C)C)cc4C3CC[C@]12C. The van der Waals surface area contributed by atoms with Crippen molar-refractivity contribution in [1.82, 2.24) is 4.98 Å². The second-order valence-corrected chi connectivity index (χ2v) is 16.2. The molecule has 5 atom stereocenters. The number of aromatic nitrogens is 1. The maximum Gasteiger partial charge on any atom is 0.306 e. The molecule has 10 heteroatoms. The van der Waals surface area contributed by atoms with Gasteiger partial charge >= 0.3 is 10.1 Å². The van der Waals surface area contributed by atoms with Gasteiger partial charge in [-0.05, 0) is 91.7 Å². The number of amides is 1. The molecule has 1 amide bonds. The Morgan fingerprint density at radius 3 is 2.66 bits per heavy atom. The number of hydrogen-bond acceptors (Lipinski definition) is 8. The molecule has 4 unspecified atom stereocenters. The Morgan fingerprint density at radius 2 is 2.02 bits per heavy atom. The van der Waals surface area contributed by atoms with Gasteiger partial charge in [0.15, 0.2) is 5.13 Å². The third kappa shape index (κ3) is 6.05. The summed E-state index contributed by atoms with van der Waals surface area (Å²) in [6, 6.07) is 4.21. The first-order valence-electron chi connectivity index (χ1n) is 14.6. The zero-order valence-electron chi connectivity index (χ0n) is 25.2. The van der Waals surface area contributed by atoms with Crippen molar-refractivity contribution in [2.24, 2.45) is 28.3 Å². The standard InChI is InChI=1S/C31H43N3O5S2/c1-18-17-32-29(40-18)33-27(35)11-9-20-15-26(34-38-6)31(5)13-12-21-22(28(20)31)10-8-19-14-25(39-41(7,36)37)24(16-23(19)21)30(2,3)4/h14,16-17,20-22,28H,8-13,15H2,1-7H3,(H,32,33,35)/b34-26+/t20?,21?,22?,28?,31-/m1/s1. The number of carbonyl (C=O) groups excluding carboxylic acids is 1. The zero-order chi connectivity index (χ0) is 29.7. The maximum absolute atomic E-state index is 12.9. The van der Waals surface area contributed by atoms with Gasteiger partial charge in [0.1, 0.15) is 12.9 Å². The zero-order valence-corrected chi connectivity index (χ0v) is 26.9. The molecule has 1 heterocycles. The summed E-state index contributed by atoms with van der Waals surface area (Å²) in [5.41, 5.74) is 4.25. The fourth-order valence-corrected chi connectivity index (χ4v) is 9.07. The van der Waals surface area contributed by atoms with Crippen molar-refractivity contribution in [3.63, 3.8) is 0 Å². The van der Waals surface area contributed by atoms with Gasteiger partial charge in [0.2, 0.25) is 5.91 Å². The first-order valence-corrected chi connectivity index (χ1v) is 17.2. The number of benzene rings is 1. The summed E-state index contributed by atoms with van der Waals surface area (Å²) in [5, 5.41) is 8.16. The van der Waals surface area contributed by atoms with Crippen LogP contribution >= 0.6 is 11.3 Å². The third-order valence-corrected chi connectivity index (χ3v) is 10.9. The Morgan fingerprint density at radius 1 is 1.27 bits per heavy atom. The van der Waals surface area contributed by atoms with Crippen LogP contribution in [0, 0.1) is 30.1 Å². The number of nitrogens with one attached hydrogen (secondary N) is 1. The Kier molecular flexibility index (Phi) is 8.04. The topological polar surface area (TPSA) is 107 Å². The monoisotopic (exact) mass is 601 g/mol. The van der Waals surface area contributed by atoms with Crippen molar-refractivity contribution in [3.05, 3.63) is 39.9 Å². The van der Waals surface area contributed by atoms with Crippen molar-refractivity contribution in [2.45, 2.75) is 90.9 Å². The summed E-state index contributed by atoms with van der Waals surface area (Å²) in [6.07, 6.45) is 8.92. The van der Waals surface area contributed by atoms with Gasteiger partial charge in [0.25, 0.3) is 0 Å². The van der Waals surface area contributed by atoms with Gasteiger partial charge in [-0.25, -0.2) is 4.98 Å². The number of anilines is 1. The fourth-order valence-electron chi connectivity index (χ4n) is 7.93.